The summed E-state index contributed by atoms with van der Waals surface area (Å²) in [7, 11) is 0. The fourth-order valence-electron chi connectivity index (χ4n) is 2.59. The summed E-state index contributed by atoms with van der Waals surface area (Å²) in [5.41, 5.74) is 0.495. The summed E-state index contributed by atoms with van der Waals surface area (Å²) in [6, 6.07) is 6.52. The molecular weight excluding hydrogens is 315 g/mol. The normalized spacial score (nSPS) is 17.0. The van der Waals surface area contributed by atoms with Crippen LogP contribution in [-0.2, 0) is 16.0 Å². The smallest absolute Gasteiger partial charge is 0.232 e. The van der Waals surface area contributed by atoms with Crippen molar-refractivity contribution < 1.29 is 13.9 Å². The molecule has 0 aliphatic carbocycles. The fraction of sp³-hybridized carbons (Fsp3) is 0.412. The molecule has 1 aromatic heterocycles. The first-order chi connectivity index (χ1) is 11.0. The van der Waals surface area contributed by atoms with Crippen LogP contribution in [0.4, 0.5) is 9.52 Å². The largest absolute Gasteiger partial charge is 0.381 e. The van der Waals surface area contributed by atoms with Crippen molar-refractivity contribution in [3.05, 3.63) is 46.7 Å². The van der Waals surface area contributed by atoms with Crippen molar-refractivity contribution in [2.45, 2.75) is 26.2 Å². The number of thiazole rings is 1. The van der Waals surface area contributed by atoms with E-state index in [9.17, 15) is 9.18 Å². The van der Waals surface area contributed by atoms with Crippen LogP contribution in [0.1, 0.15) is 30.2 Å². The summed E-state index contributed by atoms with van der Waals surface area (Å²) in [4.78, 5) is 17.7. The third-order valence-corrected chi connectivity index (χ3v) is 5.10. The number of nitrogens with one attached hydrogen (secondary N) is 1. The minimum atomic E-state index is -0.396. The van der Waals surface area contributed by atoms with E-state index in [1.807, 2.05) is 13.0 Å². The van der Waals surface area contributed by atoms with Gasteiger partial charge in [-0.25, -0.2) is 9.37 Å². The Kier molecular flexibility index (Phi) is 4.73. The minimum Gasteiger partial charge on any atom is -0.381 e. The minimum absolute atomic E-state index is 0.00699. The van der Waals surface area contributed by atoms with Gasteiger partial charge in [-0.2, -0.15) is 0 Å². The van der Waals surface area contributed by atoms with Crippen LogP contribution in [0.15, 0.2) is 30.5 Å². The first kappa shape index (κ1) is 16.1. The molecule has 23 heavy (non-hydrogen) atoms. The number of carbonyl (C=O) groups excluding carboxylic acids is 1. The zero-order valence-corrected chi connectivity index (χ0v) is 13.8. The highest BCUT2D eigenvalue weighted by molar-refractivity contribution is 7.15. The van der Waals surface area contributed by atoms with Crippen molar-refractivity contribution >= 4 is 22.4 Å². The standard InChI is InChI=1S/C17H19FN2O2S/c1-17(5-7-22-8-6-17)15(21)20-16-19-11-14(23-16)10-12-3-2-4-13(18)9-12/h2-4,9,11H,5-8,10H2,1H3,(H,19,20,21). The highest BCUT2D eigenvalue weighted by atomic mass is 32.1. The number of rotatable bonds is 4. The van der Waals surface area contributed by atoms with Gasteiger partial charge in [0.1, 0.15) is 5.82 Å². The highest BCUT2D eigenvalue weighted by Gasteiger charge is 2.35. The Morgan fingerprint density at radius 1 is 1.43 bits per heavy atom. The maximum Gasteiger partial charge on any atom is 0.232 e. The van der Waals surface area contributed by atoms with Crippen LogP contribution in [0.2, 0.25) is 0 Å². The van der Waals surface area contributed by atoms with Gasteiger partial charge in [0.25, 0.3) is 0 Å². The maximum atomic E-state index is 13.2. The van der Waals surface area contributed by atoms with E-state index < -0.39 is 5.41 Å². The van der Waals surface area contributed by atoms with E-state index in [1.54, 1.807) is 12.3 Å². The molecule has 4 nitrogen and oxygen atoms in total. The Morgan fingerprint density at radius 3 is 2.96 bits per heavy atom. The molecule has 2 aromatic rings. The van der Waals surface area contributed by atoms with Crippen molar-refractivity contribution in [1.82, 2.24) is 4.98 Å². The van der Waals surface area contributed by atoms with Crippen LogP contribution in [0.5, 0.6) is 0 Å². The molecule has 2 heterocycles. The molecule has 1 amide bonds. The second kappa shape index (κ2) is 6.76. The number of anilines is 1. The molecule has 0 radical (unpaired) electrons. The Hall–Kier alpha value is -1.79. The molecular formula is C17H19FN2O2S. The van der Waals surface area contributed by atoms with Crippen molar-refractivity contribution in [2.24, 2.45) is 5.41 Å². The lowest BCUT2D eigenvalue weighted by Crippen LogP contribution is -2.38. The average Bonchev–Trinajstić information content (AvgIpc) is 2.95. The van der Waals surface area contributed by atoms with Gasteiger partial charge >= 0.3 is 0 Å². The summed E-state index contributed by atoms with van der Waals surface area (Å²) in [5, 5.41) is 3.50. The van der Waals surface area contributed by atoms with Crippen molar-refractivity contribution in [3.8, 4) is 0 Å². The van der Waals surface area contributed by atoms with E-state index in [-0.39, 0.29) is 11.7 Å². The Morgan fingerprint density at radius 2 is 2.22 bits per heavy atom. The van der Waals surface area contributed by atoms with Crippen LogP contribution in [-0.4, -0.2) is 24.1 Å². The molecule has 6 heteroatoms. The van der Waals surface area contributed by atoms with Gasteiger partial charge in [0, 0.05) is 30.7 Å². The topological polar surface area (TPSA) is 51.2 Å². The first-order valence-electron chi connectivity index (χ1n) is 7.63. The molecule has 3 rings (SSSR count). The van der Waals surface area contributed by atoms with E-state index in [1.165, 1.54) is 23.5 Å². The first-order valence-corrected chi connectivity index (χ1v) is 8.45. The van der Waals surface area contributed by atoms with Crippen molar-refractivity contribution in [1.29, 1.82) is 0 Å². The summed E-state index contributed by atoms with van der Waals surface area (Å²) >= 11 is 1.43. The molecule has 0 spiro atoms. The van der Waals surface area contributed by atoms with Gasteiger partial charge in [-0.15, -0.1) is 11.3 Å². The van der Waals surface area contributed by atoms with E-state index in [0.29, 0.717) is 24.8 Å². The Balaban J connectivity index is 1.64. The van der Waals surface area contributed by atoms with E-state index in [4.69, 9.17) is 4.74 Å². The lowest BCUT2D eigenvalue weighted by molar-refractivity contribution is -0.129. The van der Waals surface area contributed by atoms with Crippen LogP contribution in [0.3, 0.4) is 0 Å². The van der Waals surface area contributed by atoms with E-state index >= 15 is 0 Å². The monoisotopic (exact) mass is 334 g/mol. The summed E-state index contributed by atoms with van der Waals surface area (Å²) in [5.74, 6) is -0.250. The maximum absolute atomic E-state index is 13.2. The van der Waals surface area contributed by atoms with Crippen LogP contribution < -0.4 is 5.32 Å². The van der Waals surface area contributed by atoms with Gasteiger partial charge in [-0.1, -0.05) is 19.1 Å². The zero-order valence-electron chi connectivity index (χ0n) is 13.0. The van der Waals surface area contributed by atoms with E-state index in [2.05, 4.69) is 10.3 Å². The predicted octanol–water partition coefficient (Wildman–Crippen LogP) is 3.63. The number of nitrogens with zero attached hydrogens (tertiary/aromatic N) is 1. The van der Waals surface area contributed by atoms with Gasteiger partial charge in [-0.05, 0) is 30.5 Å². The van der Waals surface area contributed by atoms with Gasteiger partial charge in [0.05, 0.1) is 5.41 Å². The Bertz CT molecular complexity index is 695. The summed E-state index contributed by atoms with van der Waals surface area (Å²) < 4.78 is 18.5. The van der Waals surface area contributed by atoms with Crippen LogP contribution in [0, 0.1) is 11.2 Å². The van der Waals surface area contributed by atoms with Gasteiger partial charge < -0.3 is 10.1 Å². The summed E-state index contributed by atoms with van der Waals surface area (Å²) in [6.45, 7) is 3.20. The molecule has 122 valence electrons. The molecule has 1 aliphatic heterocycles. The number of amides is 1. The lowest BCUT2D eigenvalue weighted by atomic mass is 9.81. The van der Waals surface area contributed by atoms with Crippen LogP contribution >= 0.6 is 11.3 Å². The molecule has 0 bridgehead atoms. The van der Waals surface area contributed by atoms with Crippen molar-refractivity contribution in [2.75, 3.05) is 18.5 Å². The Labute approximate surface area is 138 Å². The van der Waals surface area contributed by atoms with Gasteiger partial charge in [0.15, 0.2) is 5.13 Å². The van der Waals surface area contributed by atoms with Gasteiger partial charge in [0.2, 0.25) is 5.91 Å². The third-order valence-electron chi connectivity index (χ3n) is 4.19. The number of halogens is 1. The molecule has 1 aromatic carbocycles. The van der Waals surface area contributed by atoms with Gasteiger partial charge in [-0.3, -0.25) is 4.79 Å². The molecule has 0 unspecified atom stereocenters. The summed E-state index contributed by atoms with van der Waals surface area (Å²) in [6.07, 6.45) is 3.79. The number of hydrogen-bond donors (Lipinski definition) is 1. The number of carbonyl (C=O) groups is 1. The number of aromatic nitrogens is 1. The molecule has 0 saturated carbocycles. The second-order valence-electron chi connectivity index (χ2n) is 6.07. The van der Waals surface area contributed by atoms with E-state index in [0.717, 1.165) is 23.3 Å². The third kappa shape index (κ3) is 3.95. The van der Waals surface area contributed by atoms with Crippen molar-refractivity contribution in [3.63, 3.8) is 0 Å². The SMILES string of the molecule is CC1(C(=O)Nc2ncc(Cc3cccc(F)c3)s2)CCOCC1. The lowest BCUT2D eigenvalue weighted by Gasteiger charge is -2.31. The molecule has 1 aliphatic rings. The molecule has 1 fully saturated rings. The average molecular weight is 334 g/mol. The molecule has 0 atom stereocenters. The molecule has 1 N–H and O–H groups in total. The molecule has 1 saturated heterocycles. The zero-order chi connectivity index (χ0) is 16.3. The number of hydrogen-bond acceptors (Lipinski definition) is 4. The second-order valence-corrected chi connectivity index (χ2v) is 7.18. The van der Waals surface area contributed by atoms with Crippen LogP contribution in [0.25, 0.3) is 0 Å². The predicted molar refractivity (Wildman–Crippen MR) is 88.1 cm³/mol. The number of benzene rings is 1. The fourth-order valence-corrected chi connectivity index (χ4v) is 3.43. The highest BCUT2D eigenvalue weighted by Crippen LogP contribution is 2.32. The number of ether oxygens (including phenoxy) is 1. The quantitative estimate of drug-likeness (QED) is 0.929.